The van der Waals surface area contributed by atoms with Crippen molar-refractivity contribution in [3.8, 4) is 0 Å². The number of pyridine rings is 2. The van der Waals surface area contributed by atoms with Crippen molar-refractivity contribution in [2.45, 2.75) is 13.5 Å². The van der Waals surface area contributed by atoms with Gasteiger partial charge in [0.25, 0.3) is 5.56 Å². The van der Waals surface area contributed by atoms with E-state index in [1.165, 1.54) is 4.57 Å². The molecule has 0 saturated heterocycles. The molecule has 4 rings (SSSR count). The molecule has 0 fully saturated rings. The Bertz CT molecular complexity index is 1190. The van der Waals surface area contributed by atoms with Crippen molar-refractivity contribution in [2.75, 3.05) is 5.32 Å². The van der Waals surface area contributed by atoms with Crippen LogP contribution in [-0.4, -0.2) is 15.5 Å². The van der Waals surface area contributed by atoms with E-state index in [4.69, 9.17) is 0 Å². The van der Waals surface area contributed by atoms with Gasteiger partial charge < -0.3 is 9.88 Å². The average Bonchev–Trinajstić information content (AvgIpc) is 2.65. The summed E-state index contributed by atoms with van der Waals surface area (Å²) in [6.45, 7) is 1.79. The maximum absolute atomic E-state index is 12.7. The fourth-order valence-electron chi connectivity index (χ4n) is 3.11. The fourth-order valence-corrected chi connectivity index (χ4v) is 3.11. The van der Waals surface area contributed by atoms with Gasteiger partial charge in [-0.3, -0.25) is 14.6 Å². The number of aromatic nitrogens is 2. The minimum Gasteiger partial charge on any atom is -0.323 e. The van der Waals surface area contributed by atoms with Gasteiger partial charge in [0.05, 0.1) is 17.4 Å². The predicted molar refractivity (Wildman–Crippen MR) is 103 cm³/mol. The lowest BCUT2D eigenvalue weighted by Gasteiger charge is -2.12. The van der Waals surface area contributed by atoms with E-state index in [1.54, 1.807) is 12.3 Å². The van der Waals surface area contributed by atoms with E-state index < -0.39 is 0 Å². The first-order chi connectivity index (χ1) is 12.6. The lowest BCUT2D eigenvalue weighted by atomic mass is 10.1. The maximum Gasteiger partial charge on any atom is 0.259 e. The summed E-state index contributed by atoms with van der Waals surface area (Å²) in [5.74, 6) is -0.262. The highest BCUT2D eigenvalue weighted by atomic mass is 16.2. The Morgan fingerprint density at radius 1 is 1.04 bits per heavy atom. The number of anilines is 1. The zero-order valence-electron chi connectivity index (χ0n) is 14.3. The van der Waals surface area contributed by atoms with Gasteiger partial charge in [-0.2, -0.15) is 0 Å². The molecule has 2 aromatic heterocycles. The molecule has 2 aromatic carbocycles. The van der Waals surface area contributed by atoms with Crippen LogP contribution in [0.1, 0.15) is 5.69 Å². The van der Waals surface area contributed by atoms with Crippen LogP contribution in [0.4, 0.5) is 5.69 Å². The zero-order chi connectivity index (χ0) is 18.1. The normalized spacial score (nSPS) is 11.0. The number of carbonyl (C=O) groups is 1. The van der Waals surface area contributed by atoms with E-state index in [-0.39, 0.29) is 18.0 Å². The number of amides is 1. The minimum absolute atomic E-state index is 0.0394. The number of hydrogen-bond donors (Lipinski definition) is 1. The van der Waals surface area contributed by atoms with E-state index in [1.807, 2.05) is 61.5 Å². The third kappa shape index (κ3) is 2.95. The second-order valence-electron chi connectivity index (χ2n) is 6.23. The van der Waals surface area contributed by atoms with Crippen molar-refractivity contribution in [1.82, 2.24) is 9.55 Å². The van der Waals surface area contributed by atoms with E-state index in [0.717, 1.165) is 22.0 Å². The standard InChI is InChI=1S/C21H17N3O2/c1-14-10-15-6-2-4-8-18(15)21(26)24(14)13-20(25)23-17-11-16-7-3-5-9-19(16)22-12-17/h2-12H,13H2,1H3,(H,23,25). The van der Waals surface area contributed by atoms with Crippen molar-refractivity contribution < 1.29 is 4.79 Å². The molecule has 0 aliphatic carbocycles. The fraction of sp³-hybridized carbons (Fsp3) is 0.0952. The van der Waals surface area contributed by atoms with Gasteiger partial charge in [-0.1, -0.05) is 36.4 Å². The molecule has 4 aromatic rings. The predicted octanol–water partition coefficient (Wildman–Crippen LogP) is 3.50. The number of nitrogens with zero attached hydrogens (tertiary/aromatic N) is 2. The molecule has 5 nitrogen and oxygen atoms in total. The molecular weight excluding hydrogens is 326 g/mol. The van der Waals surface area contributed by atoms with Crippen LogP contribution in [0.25, 0.3) is 21.7 Å². The third-order valence-electron chi connectivity index (χ3n) is 4.40. The van der Waals surface area contributed by atoms with Crippen LogP contribution in [0, 0.1) is 6.92 Å². The van der Waals surface area contributed by atoms with Gasteiger partial charge in [-0.25, -0.2) is 0 Å². The molecule has 128 valence electrons. The molecule has 5 heteroatoms. The van der Waals surface area contributed by atoms with E-state index in [0.29, 0.717) is 11.1 Å². The molecule has 0 spiro atoms. The van der Waals surface area contributed by atoms with Crippen molar-refractivity contribution in [2.24, 2.45) is 0 Å². The Hall–Kier alpha value is -3.47. The van der Waals surface area contributed by atoms with Gasteiger partial charge in [0, 0.05) is 16.5 Å². The van der Waals surface area contributed by atoms with Gasteiger partial charge in [0.15, 0.2) is 0 Å². The van der Waals surface area contributed by atoms with Crippen LogP contribution in [0.5, 0.6) is 0 Å². The van der Waals surface area contributed by atoms with Crippen LogP contribution in [0.15, 0.2) is 71.7 Å². The molecule has 1 amide bonds. The highest BCUT2D eigenvalue weighted by Crippen LogP contribution is 2.16. The Morgan fingerprint density at radius 3 is 2.62 bits per heavy atom. The van der Waals surface area contributed by atoms with Crippen molar-refractivity contribution in [1.29, 1.82) is 0 Å². The lowest BCUT2D eigenvalue weighted by Crippen LogP contribution is -2.29. The van der Waals surface area contributed by atoms with Crippen LogP contribution in [0.3, 0.4) is 0 Å². The van der Waals surface area contributed by atoms with Gasteiger partial charge in [0.2, 0.25) is 5.91 Å². The average molecular weight is 343 g/mol. The summed E-state index contributed by atoms with van der Waals surface area (Å²) in [5, 5.41) is 5.26. The summed E-state index contributed by atoms with van der Waals surface area (Å²) in [4.78, 5) is 29.5. The number of aryl methyl sites for hydroxylation is 1. The SMILES string of the molecule is Cc1cc2ccccc2c(=O)n1CC(=O)Nc1cnc2ccccc2c1. The molecule has 2 heterocycles. The van der Waals surface area contributed by atoms with E-state index in [2.05, 4.69) is 10.3 Å². The Balaban J connectivity index is 1.61. The lowest BCUT2D eigenvalue weighted by molar-refractivity contribution is -0.116. The molecule has 0 unspecified atom stereocenters. The smallest absolute Gasteiger partial charge is 0.259 e. The van der Waals surface area contributed by atoms with Crippen LogP contribution >= 0.6 is 0 Å². The monoisotopic (exact) mass is 343 g/mol. The molecule has 0 radical (unpaired) electrons. The first kappa shape index (κ1) is 16.0. The Morgan fingerprint density at radius 2 is 1.77 bits per heavy atom. The molecule has 0 atom stereocenters. The van der Waals surface area contributed by atoms with E-state index in [9.17, 15) is 9.59 Å². The highest BCUT2D eigenvalue weighted by Gasteiger charge is 2.11. The summed E-state index contributed by atoms with van der Waals surface area (Å²) in [6.07, 6.45) is 1.62. The number of fused-ring (bicyclic) bond motifs is 2. The maximum atomic E-state index is 12.7. The van der Waals surface area contributed by atoms with Crippen LogP contribution in [-0.2, 0) is 11.3 Å². The molecule has 0 aliphatic rings. The summed E-state index contributed by atoms with van der Waals surface area (Å²) < 4.78 is 1.49. The first-order valence-corrected chi connectivity index (χ1v) is 8.36. The Labute approximate surface area is 149 Å². The molecule has 0 saturated carbocycles. The first-order valence-electron chi connectivity index (χ1n) is 8.36. The summed E-state index contributed by atoms with van der Waals surface area (Å²) in [7, 11) is 0. The largest absolute Gasteiger partial charge is 0.323 e. The Kier molecular flexibility index (Phi) is 3.97. The van der Waals surface area contributed by atoms with Crippen molar-refractivity contribution >= 4 is 33.3 Å². The van der Waals surface area contributed by atoms with Gasteiger partial charge in [-0.05, 0) is 36.6 Å². The van der Waals surface area contributed by atoms with Crippen LogP contribution < -0.4 is 10.9 Å². The number of nitrogens with one attached hydrogen (secondary N) is 1. The summed E-state index contributed by atoms with van der Waals surface area (Å²) in [5.41, 5.74) is 2.07. The number of para-hydroxylation sites is 1. The summed E-state index contributed by atoms with van der Waals surface area (Å²) >= 11 is 0. The summed E-state index contributed by atoms with van der Waals surface area (Å²) in [6, 6.07) is 18.9. The number of carbonyl (C=O) groups excluding carboxylic acids is 1. The second-order valence-corrected chi connectivity index (χ2v) is 6.23. The van der Waals surface area contributed by atoms with Gasteiger partial charge in [-0.15, -0.1) is 0 Å². The quantitative estimate of drug-likeness (QED) is 0.619. The van der Waals surface area contributed by atoms with Crippen molar-refractivity contribution in [3.05, 3.63) is 82.9 Å². The van der Waals surface area contributed by atoms with Gasteiger partial charge >= 0.3 is 0 Å². The number of rotatable bonds is 3. The van der Waals surface area contributed by atoms with Crippen LogP contribution in [0.2, 0.25) is 0 Å². The molecule has 0 bridgehead atoms. The molecule has 1 N–H and O–H groups in total. The van der Waals surface area contributed by atoms with Crippen molar-refractivity contribution in [3.63, 3.8) is 0 Å². The third-order valence-corrected chi connectivity index (χ3v) is 4.40. The number of hydrogen-bond acceptors (Lipinski definition) is 3. The van der Waals surface area contributed by atoms with Gasteiger partial charge in [0.1, 0.15) is 6.54 Å². The molecule has 26 heavy (non-hydrogen) atoms. The molecular formula is C21H17N3O2. The second kappa shape index (κ2) is 6.44. The topological polar surface area (TPSA) is 64.0 Å². The minimum atomic E-state index is -0.262. The molecule has 0 aliphatic heterocycles. The highest BCUT2D eigenvalue weighted by molar-refractivity contribution is 5.93. The number of benzene rings is 2. The van der Waals surface area contributed by atoms with E-state index >= 15 is 0 Å². The zero-order valence-corrected chi connectivity index (χ0v) is 14.3.